The zero-order valence-corrected chi connectivity index (χ0v) is 14.7. The molecule has 0 aliphatic carbocycles. The molecule has 0 bridgehead atoms. The molecule has 2 aromatic rings. The maximum Gasteiger partial charge on any atom is 0.222 e. The van der Waals surface area contributed by atoms with Gasteiger partial charge in [0.1, 0.15) is 5.82 Å². The minimum Gasteiger partial charge on any atom is -0.365 e. The summed E-state index contributed by atoms with van der Waals surface area (Å²) in [5.74, 6) is 1.89. The molecule has 6 nitrogen and oxygen atoms in total. The van der Waals surface area contributed by atoms with Crippen molar-refractivity contribution in [2.24, 2.45) is 0 Å². The van der Waals surface area contributed by atoms with E-state index in [2.05, 4.69) is 32.5 Å². The summed E-state index contributed by atoms with van der Waals surface area (Å²) in [5.41, 5.74) is 1.21. The Morgan fingerprint density at radius 3 is 2.44 bits per heavy atom. The van der Waals surface area contributed by atoms with Gasteiger partial charge < -0.3 is 15.1 Å². The molecule has 6 heteroatoms. The second-order valence-electron chi connectivity index (χ2n) is 6.23. The molecule has 0 atom stereocenters. The molecule has 2 heterocycles. The zero-order chi connectivity index (χ0) is 17.5. The van der Waals surface area contributed by atoms with Crippen molar-refractivity contribution in [3.8, 4) is 0 Å². The summed E-state index contributed by atoms with van der Waals surface area (Å²) in [6, 6.07) is 14.2. The Labute approximate surface area is 148 Å². The number of aromatic nitrogens is 2. The third kappa shape index (κ3) is 4.68. The van der Waals surface area contributed by atoms with Crippen molar-refractivity contribution in [2.75, 3.05) is 36.4 Å². The van der Waals surface area contributed by atoms with E-state index in [1.807, 2.05) is 42.2 Å². The molecule has 1 saturated heterocycles. The summed E-state index contributed by atoms with van der Waals surface area (Å²) < 4.78 is 0. The van der Waals surface area contributed by atoms with E-state index in [1.165, 1.54) is 5.56 Å². The molecular weight excluding hydrogens is 314 g/mol. The Balaban J connectivity index is 1.50. The van der Waals surface area contributed by atoms with E-state index < -0.39 is 0 Å². The van der Waals surface area contributed by atoms with Crippen molar-refractivity contribution < 1.29 is 4.79 Å². The minimum atomic E-state index is 0.258. The predicted octanol–water partition coefficient (Wildman–Crippen LogP) is 2.54. The molecule has 1 aromatic carbocycles. The first kappa shape index (κ1) is 17.2. The van der Waals surface area contributed by atoms with Crippen molar-refractivity contribution in [2.45, 2.75) is 26.3 Å². The van der Waals surface area contributed by atoms with Crippen LogP contribution >= 0.6 is 0 Å². The molecular formula is C19H25N5O. The molecule has 0 unspecified atom stereocenters. The Hall–Kier alpha value is -2.63. The smallest absolute Gasteiger partial charge is 0.222 e. The number of nitrogens with one attached hydrogen (secondary N) is 1. The van der Waals surface area contributed by atoms with Gasteiger partial charge in [0, 0.05) is 39.1 Å². The monoisotopic (exact) mass is 339 g/mol. The van der Waals surface area contributed by atoms with Crippen LogP contribution in [0.5, 0.6) is 0 Å². The predicted molar refractivity (Wildman–Crippen MR) is 99.5 cm³/mol. The van der Waals surface area contributed by atoms with E-state index >= 15 is 0 Å². The van der Waals surface area contributed by atoms with Crippen LogP contribution in [0.4, 0.5) is 11.6 Å². The van der Waals surface area contributed by atoms with Crippen LogP contribution in [-0.2, 0) is 11.3 Å². The standard InChI is InChI=1S/C19H25N5O/c1-2-6-19(25)24-13-11-23(12-14-24)18-10-9-17(21-22-18)20-15-16-7-4-3-5-8-16/h3-5,7-10H,2,6,11-15H2,1H3,(H,20,21). The maximum absolute atomic E-state index is 11.9. The quantitative estimate of drug-likeness (QED) is 0.876. The first-order valence-electron chi connectivity index (χ1n) is 8.90. The van der Waals surface area contributed by atoms with Gasteiger partial charge in [0.25, 0.3) is 0 Å². The van der Waals surface area contributed by atoms with Gasteiger partial charge in [-0.25, -0.2) is 0 Å². The van der Waals surface area contributed by atoms with Crippen LogP contribution in [0.25, 0.3) is 0 Å². The van der Waals surface area contributed by atoms with E-state index in [-0.39, 0.29) is 5.91 Å². The van der Waals surface area contributed by atoms with E-state index in [1.54, 1.807) is 0 Å². The molecule has 0 spiro atoms. The van der Waals surface area contributed by atoms with Gasteiger partial charge in [-0.15, -0.1) is 10.2 Å². The number of benzene rings is 1. The molecule has 1 amide bonds. The molecule has 25 heavy (non-hydrogen) atoms. The fraction of sp³-hybridized carbons (Fsp3) is 0.421. The summed E-state index contributed by atoms with van der Waals surface area (Å²) in [6.07, 6.45) is 1.55. The number of nitrogens with zero attached hydrogens (tertiary/aromatic N) is 4. The lowest BCUT2D eigenvalue weighted by molar-refractivity contribution is -0.131. The first-order chi connectivity index (χ1) is 12.3. The maximum atomic E-state index is 11.9. The normalized spacial score (nSPS) is 14.4. The highest BCUT2D eigenvalue weighted by atomic mass is 16.2. The van der Waals surface area contributed by atoms with Gasteiger partial charge in [-0.2, -0.15) is 0 Å². The number of carbonyl (C=O) groups is 1. The third-order valence-electron chi connectivity index (χ3n) is 4.39. The van der Waals surface area contributed by atoms with Crippen molar-refractivity contribution in [3.63, 3.8) is 0 Å². The Kier molecular flexibility index (Phi) is 5.82. The average molecular weight is 339 g/mol. The van der Waals surface area contributed by atoms with E-state index in [4.69, 9.17) is 0 Å². The number of hydrogen-bond acceptors (Lipinski definition) is 5. The SMILES string of the molecule is CCCC(=O)N1CCN(c2ccc(NCc3ccccc3)nn2)CC1. The number of piperazine rings is 1. The summed E-state index contributed by atoms with van der Waals surface area (Å²) in [6.45, 7) is 5.90. The fourth-order valence-electron chi connectivity index (χ4n) is 2.93. The number of rotatable bonds is 6. The average Bonchev–Trinajstić information content (AvgIpc) is 2.68. The number of carbonyl (C=O) groups excluding carboxylic acids is 1. The lowest BCUT2D eigenvalue weighted by atomic mass is 10.2. The molecule has 1 aromatic heterocycles. The van der Waals surface area contributed by atoms with Crippen LogP contribution < -0.4 is 10.2 Å². The third-order valence-corrected chi connectivity index (χ3v) is 4.39. The topological polar surface area (TPSA) is 61.4 Å². The molecule has 0 radical (unpaired) electrons. The first-order valence-corrected chi connectivity index (χ1v) is 8.90. The molecule has 3 rings (SSSR count). The number of anilines is 2. The highest BCUT2D eigenvalue weighted by molar-refractivity contribution is 5.76. The van der Waals surface area contributed by atoms with Crippen LogP contribution in [0.15, 0.2) is 42.5 Å². The molecule has 0 saturated carbocycles. The van der Waals surface area contributed by atoms with Gasteiger partial charge in [0.2, 0.25) is 5.91 Å². The Morgan fingerprint density at radius 1 is 1.04 bits per heavy atom. The van der Waals surface area contributed by atoms with Crippen molar-refractivity contribution in [1.82, 2.24) is 15.1 Å². The molecule has 1 aliphatic heterocycles. The van der Waals surface area contributed by atoms with Crippen LogP contribution in [-0.4, -0.2) is 47.2 Å². The molecule has 1 N–H and O–H groups in total. The van der Waals surface area contributed by atoms with Gasteiger partial charge in [0.05, 0.1) is 0 Å². The lowest BCUT2D eigenvalue weighted by Crippen LogP contribution is -2.49. The highest BCUT2D eigenvalue weighted by Gasteiger charge is 2.21. The van der Waals surface area contributed by atoms with Crippen LogP contribution in [0.3, 0.4) is 0 Å². The van der Waals surface area contributed by atoms with Crippen molar-refractivity contribution >= 4 is 17.5 Å². The van der Waals surface area contributed by atoms with Crippen molar-refractivity contribution in [1.29, 1.82) is 0 Å². The second-order valence-corrected chi connectivity index (χ2v) is 6.23. The van der Waals surface area contributed by atoms with E-state index in [0.29, 0.717) is 6.42 Å². The van der Waals surface area contributed by atoms with Crippen LogP contribution in [0.1, 0.15) is 25.3 Å². The Morgan fingerprint density at radius 2 is 1.80 bits per heavy atom. The fourth-order valence-corrected chi connectivity index (χ4v) is 2.93. The number of hydrogen-bond donors (Lipinski definition) is 1. The highest BCUT2D eigenvalue weighted by Crippen LogP contribution is 2.15. The zero-order valence-electron chi connectivity index (χ0n) is 14.7. The minimum absolute atomic E-state index is 0.258. The van der Waals surface area contributed by atoms with Gasteiger partial charge in [-0.1, -0.05) is 37.3 Å². The summed E-state index contributed by atoms with van der Waals surface area (Å²) in [7, 11) is 0. The van der Waals surface area contributed by atoms with E-state index in [9.17, 15) is 4.79 Å². The molecule has 1 fully saturated rings. The summed E-state index contributed by atoms with van der Waals surface area (Å²) in [4.78, 5) is 16.1. The van der Waals surface area contributed by atoms with Crippen LogP contribution in [0.2, 0.25) is 0 Å². The van der Waals surface area contributed by atoms with Gasteiger partial charge in [-0.3, -0.25) is 4.79 Å². The van der Waals surface area contributed by atoms with Gasteiger partial charge >= 0.3 is 0 Å². The largest absolute Gasteiger partial charge is 0.365 e. The van der Waals surface area contributed by atoms with Gasteiger partial charge in [0.15, 0.2) is 5.82 Å². The van der Waals surface area contributed by atoms with Gasteiger partial charge in [-0.05, 0) is 24.1 Å². The number of amides is 1. The second kappa shape index (κ2) is 8.46. The van der Waals surface area contributed by atoms with Crippen molar-refractivity contribution in [3.05, 3.63) is 48.0 Å². The molecule has 132 valence electrons. The molecule has 1 aliphatic rings. The summed E-state index contributed by atoms with van der Waals surface area (Å²) in [5, 5.41) is 11.9. The Bertz CT molecular complexity index is 666. The summed E-state index contributed by atoms with van der Waals surface area (Å²) >= 11 is 0. The lowest BCUT2D eigenvalue weighted by Gasteiger charge is -2.35. The van der Waals surface area contributed by atoms with Crippen LogP contribution in [0, 0.1) is 0 Å². The van der Waals surface area contributed by atoms with E-state index in [0.717, 1.165) is 50.8 Å².